The van der Waals surface area contributed by atoms with Crippen molar-refractivity contribution in [3.05, 3.63) is 0 Å². The number of carbonyl (C=O) groups excluding carboxylic acids is 1. The largest absolute Gasteiger partial charge is 0.378 e. The third kappa shape index (κ3) is 4.50. The van der Waals surface area contributed by atoms with E-state index in [1.54, 1.807) is 0 Å². The molecule has 0 saturated carbocycles. The molecule has 0 aromatic rings. The maximum Gasteiger partial charge on any atom is 0.140 e. The first-order chi connectivity index (χ1) is 5.38. The predicted octanol–water partition coefficient (Wildman–Crippen LogP) is 2.42. The minimum Gasteiger partial charge on any atom is -0.378 e. The van der Waals surface area contributed by atoms with Gasteiger partial charge in [-0.1, -0.05) is 20.8 Å². The van der Waals surface area contributed by atoms with Gasteiger partial charge in [-0.2, -0.15) is 0 Å². The summed E-state index contributed by atoms with van der Waals surface area (Å²) in [7, 11) is 0. The highest BCUT2D eigenvalue weighted by atomic mass is 16.5. The van der Waals surface area contributed by atoms with Gasteiger partial charge in [-0.15, -0.1) is 0 Å². The monoisotopic (exact) mass is 172 g/mol. The standard InChI is InChI=1S/C10H20O2/c1-6-12-8(2)7-9(11)10(3,4)5/h8H,6-7H2,1-5H3. The van der Waals surface area contributed by atoms with Gasteiger partial charge >= 0.3 is 0 Å². The van der Waals surface area contributed by atoms with Crippen LogP contribution in [-0.4, -0.2) is 18.5 Å². The average molecular weight is 172 g/mol. The lowest BCUT2D eigenvalue weighted by Crippen LogP contribution is -2.25. The van der Waals surface area contributed by atoms with E-state index in [0.717, 1.165) is 0 Å². The third-order valence-corrected chi connectivity index (χ3v) is 1.76. The Labute approximate surface area is 75.3 Å². The summed E-state index contributed by atoms with van der Waals surface area (Å²) in [5, 5.41) is 0. The molecule has 12 heavy (non-hydrogen) atoms. The molecular formula is C10H20O2. The van der Waals surface area contributed by atoms with Gasteiger partial charge in [-0.25, -0.2) is 0 Å². The molecule has 72 valence electrons. The van der Waals surface area contributed by atoms with Crippen molar-refractivity contribution in [3.63, 3.8) is 0 Å². The summed E-state index contributed by atoms with van der Waals surface area (Å²) in [4.78, 5) is 11.5. The Morgan fingerprint density at radius 3 is 2.25 bits per heavy atom. The summed E-state index contributed by atoms with van der Waals surface area (Å²) in [6, 6.07) is 0. The van der Waals surface area contributed by atoms with Crippen molar-refractivity contribution in [2.45, 2.75) is 47.1 Å². The van der Waals surface area contributed by atoms with Gasteiger partial charge in [-0.05, 0) is 13.8 Å². The van der Waals surface area contributed by atoms with Crippen LogP contribution in [0.4, 0.5) is 0 Å². The van der Waals surface area contributed by atoms with Crippen molar-refractivity contribution in [1.29, 1.82) is 0 Å². The van der Waals surface area contributed by atoms with E-state index in [1.165, 1.54) is 0 Å². The summed E-state index contributed by atoms with van der Waals surface area (Å²) in [5.74, 6) is 0.267. The summed E-state index contributed by atoms with van der Waals surface area (Å²) < 4.78 is 5.29. The van der Waals surface area contributed by atoms with Crippen LogP contribution in [-0.2, 0) is 9.53 Å². The molecule has 0 rings (SSSR count). The first-order valence-corrected chi connectivity index (χ1v) is 4.52. The van der Waals surface area contributed by atoms with Crippen LogP contribution in [0.3, 0.4) is 0 Å². The molecule has 2 nitrogen and oxygen atoms in total. The van der Waals surface area contributed by atoms with Gasteiger partial charge in [0.25, 0.3) is 0 Å². The van der Waals surface area contributed by atoms with Crippen LogP contribution in [0.25, 0.3) is 0 Å². The molecule has 0 spiro atoms. The van der Waals surface area contributed by atoms with E-state index in [-0.39, 0.29) is 17.3 Å². The quantitative estimate of drug-likeness (QED) is 0.651. The molecule has 0 aromatic heterocycles. The fraction of sp³-hybridized carbons (Fsp3) is 0.900. The molecule has 0 bridgehead atoms. The fourth-order valence-corrected chi connectivity index (χ4v) is 0.911. The summed E-state index contributed by atoms with van der Waals surface area (Å²) in [5.41, 5.74) is -0.231. The van der Waals surface area contributed by atoms with E-state index in [2.05, 4.69) is 0 Å². The van der Waals surface area contributed by atoms with Gasteiger partial charge in [0, 0.05) is 18.4 Å². The molecule has 2 heteroatoms. The number of carbonyl (C=O) groups is 1. The Morgan fingerprint density at radius 2 is 1.92 bits per heavy atom. The molecule has 0 aliphatic heterocycles. The smallest absolute Gasteiger partial charge is 0.140 e. The first kappa shape index (κ1) is 11.6. The van der Waals surface area contributed by atoms with Crippen LogP contribution < -0.4 is 0 Å². The average Bonchev–Trinajstić information content (AvgIpc) is 1.85. The van der Waals surface area contributed by atoms with Gasteiger partial charge in [0.1, 0.15) is 5.78 Å². The SMILES string of the molecule is CCOC(C)CC(=O)C(C)(C)C. The van der Waals surface area contributed by atoms with Crippen molar-refractivity contribution in [3.8, 4) is 0 Å². The van der Waals surface area contributed by atoms with E-state index >= 15 is 0 Å². The molecule has 0 fully saturated rings. The van der Waals surface area contributed by atoms with Gasteiger partial charge in [0.2, 0.25) is 0 Å². The zero-order valence-corrected chi connectivity index (χ0v) is 8.81. The van der Waals surface area contributed by atoms with Gasteiger partial charge < -0.3 is 4.74 Å². The Balaban J connectivity index is 3.85. The molecule has 0 amide bonds. The lowest BCUT2D eigenvalue weighted by molar-refractivity contribution is -0.128. The molecule has 0 aliphatic carbocycles. The van der Waals surface area contributed by atoms with Crippen molar-refractivity contribution in [2.75, 3.05) is 6.61 Å². The third-order valence-electron chi connectivity index (χ3n) is 1.76. The Kier molecular flexibility index (Phi) is 4.46. The highest BCUT2D eigenvalue weighted by Gasteiger charge is 2.22. The Hall–Kier alpha value is -0.370. The zero-order valence-electron chi connectivity index (χ0n) is 8.81. The van der Waals surface area contributed by atoms with Crippen LogP contribution in [0.15, 0.2) is 0 Å². The van der Waals surface area contributed by atoms with Crippen LogP contribution in [0.5, 0.6) is 0 Å². The predicted molar refractivity (Wildman–Crippen MR) is 50.2 cm³/mol. The summed E-state index contributed by atoms with van der Waals surface area (Å²) in [6.07, 6.45) is 0.582. The maximum atomic E-state index is 11.5. The van der Waals surface area contributed by atoms with Crippen LogP contribution in [0, 0.1) is 5.41 Å². The fourth-order valence-electron chi connectivity index (χ4n) is 0.911. The number of ether oxygens (including phenoxy) is 1. The van der Waals surface area contributed by atoms with Crippen LogP contribution in [0.1, 0.15) is 41.0 Å². The minimum absolute atomic E-state index is 0.0572. The van der Waals surface area contributed by atoms with Crippen molar-refractivity contribution in [2.24, 2.45) is 5.41 Å². The Morgan fingerprint density at radius 1 is 1.42 bits per heavy atom. The Bertz CT molecular complexity index is 144. The highest BCUT2D eigenvalue weighted by molar-refractivity contribution is 5.83. The van der Waals surface area contributed by atoms with Crippen molar-refractivity contribution in [1.82, 2.24) is 0 Å². The molecule has 0 N–H and O–H groups in total. The van der Waals surface area contributed by atoms with Crippen molar-refractivity contribution < 1.29 is 9.53 Å². The number of hydrogen-bond acceptors (Lipinski definition) is 2. The second-order valence-corrected chi connectivity index (χ2v) is 4.14. The molecule has 0 aromatic carbocycles. The molecule has 1 atom stereocenters. The highest BCUT2D eigenvalue weighted by Crippen LogP contribution is 2.18. The number of ketones is 1. The summed E-state index contributed by atoms with van der Waals surface area (Å²) in [6.45, 7) is 10.4. The lowest BCUT2D eigenvalue weighted by Gasteiger charge is -2.19. The molecule has 0 radical (unpaired) electrons. The lowest BCUT2D eigenvalue weighted by atomic mass is 9.88. The number of Topliss-reactive ketones (excluding diaryl/α,β-unsaturated/α-hetero) is 1. The molecule has 1 unspecified atom stereocenters. The second kappa shape index (κ2) is 4.61. The molecule has 0 saturated heterocycles. The zero-order chi connectivity index (χ0) is 9.78. The number of rotatable bonds is 4. The topological polar surface area (TPSA) is 26.3 Å². The second-order valence-electron chi connectivity index (χ2n) is 4.14. The molecule has 0 aliphatic rings. The molecule has 0 heterocycles. The van der Waals surface area contributed by atoms with E-state index in [4.69, 9.17) is 4.74 Å². The van der Waals surface area contributed by atoms with Gasteiger partial charge in [0.05, 0.1) is 6.10 Å². The summed E-state index contributed by atoms with van der Waals surface area (Å²) >= 11 is 0. The van der Waals surface area contributed by atoms with E-state index < -0.39 is 0 Å². The molecular weight excluding hydrogens is 152 g/mol. The van der Waals surface area contributed by atoms with Crippen LogP contribution >= 0.6 is 0 Å². The normalized spacial score (nSPS) is 14.4. The van der Waals surface area contributed by atoms with E-state index in [1.807, 2.05) is 34.6 Å². The number of hydrogen-bond donors (Lipinski definition) is 0. The van der Waals surface area contributed by atoms with Gasteiger partial charge in [-0.3, -0.25) is 4.79 Å². The first-order valence-electron chi connectivity index (χ1n) is 4.52. The maximum absolute atomic E-state index is 11.5. The van der Waals surface area contributed by atoms with E-state index in [9.17, 15) is 4.79 Å². The minimum atomic E-state index is -0.231. The van der Waals surface area contributed by atoms with Gasteiger partial charge in [0.15, 0.2) is 0 Å². The van der Waals surface area contributed by atoms with Crippen LogP contribution in [0.2, 0.25) is 0 Å². The van der Waals surface area contributed by atoms with E-state index in [0.29, 0.717) is 13.0 Å². The van der Waals surface area contributed by atoms with Crippen molar-refractivity contribution >= 4 is 5.78 Å².